The van der Waals surface area contributed by atoms with Crippen molar-refractivity contribution in [2.75, 3.05) is 39.3 Å². The van der Waals surface area contributed by atoms with E-state index in [2.05, 4.69) is 27.4 Å². The standard InChI is InChI=1S/C26H42FN5.HI/c1-2-28-26(30-23-13-17-32(18-14-23)24-8-4-5-9-24)29-19-21-11-15-31(16-12-21)20-22-7-3-6-10-25(22)27;/h3,6-7,10,21,23-24H,2,4-5,8-9,11-20H2,1H3,(H2,28,29,30);1H. The minimum Gasteiger partial charge on any atom is -0.357 e. The lowest BCUT2D eigenvalue weighted by molar-refractivity contribution is 0.150. The van der Waals surface area contributed by atoms with Crippen molar-refractivity contribution in [3.05, 3.63) is 35.6 Å². The predicted octanol–water partition coefficient (Wildman–Crippen LogP) is 4.62. The topological polar surface area (TPSA) is 42.9 Å². The second-order valence-corrected chi connectivity index (χ2v) is 9.92. The molecule has 1 aromatic carbocycles. The fourth-order valence-electron chi connectivity index (χ4n) is 5.61. The van der Waals surface area contributed by atoms with Crippen LogP contribution in [0.4, 0.5) is 4.39 Å². The van der Waals surface area contributed by atoms with Crippen molar-refractivity contribution in [1.29, 1.82) is 0 Å². The summed E-state index contributed by atoms with van der Waals surface area (Å²) in [5, 5.41) is 7.17. The molecule has 33 heavy (non-hydrogen) atoms. The summed E-state index contributed by atoms with van der Waals surface area (Å²) in [5.74, 6) is 1.52. The van der Waals surface area contributed by atoms with Gasteiger partial charge in [0.05, 0.1) is 0 Å². The third-order valence-electron chi connectivity index (χ3n) is 7.62. The van der Waals surface area contributed by atoms with Crippen LogP contribution in [0.3, 0.4) is 0 Å². The summed E-state index contributed by atoms with van der Waals surface area (Å²) in [6.07, 6.45) is 10.4. The molecule has 0 spiro atoms. The van der Waals surface area contributed by atoms with Crippen molar-refractivity contribution in [3.63, 3.8) is 0 Å². The van der Waals surface area contributed by atoms with Gasteiger partial charge in [0.1, 0.15) is 5.82 Å². The average Bonchev–Trinajstić information content (AvgIpc) is 3.36. The first-order valence-corrected chi connectivity index (χ1v) is 13.0. The zero-order valence-electron chi connectivity index (χ0n) is 20.3. The summed E-state index contributed by atoms with van der Waals surface area (Å²) in [6, 6.07) is 8.53. The van der Waals surface area contributed by atoms with Crippen molar-refractivity contribution in [2.45, 2.75) is 76.9 Å². The third-order valence-corrected chi connectivity index (χ3v) is 7.62. The molecule has 0 atom stereocenters. The van der Waals surface area contributed by atoms with E-state index in [-0.39, 0.29) is 29.8 Å². The number of benzene rings is 1. The molecule has 0 bridgehead atoms. The number of nitrogens with zero attached hydrogens (tertiary/aromatic N) is 3. The van der Waals surface area contributed by atoms with Crippen LogP contribution in [0.1, 0.15) is 63.9 Å². The number of hydrogen-bond acceptors (Lipinski definition) is 3. The van der Waals surface area contributed by atoms with E-state index in [1.807, 2.05) is 12.1 Å². The van der Waals surface area contributed by atoms with E-state index in [4.69, 9.17) is 4.99 Å². The van der Waals surface area contributed by atoms with Gasteiger partial charge < -0.3 is 15.5 Å². The summed E-state index contributed by atoms with van der Waals surface area (Å²) in [4.78, 5) is 10.1. The van der Waals surface area contributed by atoms with Crippen LogP contribution in [0.5, 0.6) is 0 Å². The molecule has 1 saturated carbocycles. The number of rotatable bonds is 7. The van der Waals surface area contributed by atoms with Crippen molar-refractivity contribution < 1.29 is 4.39 Å². The largest absolute Gasteiger partial charge is 0.357 e. The van der Waals surface area contributed by atoms with E-state index >= 15 is 0 Å². The number of guanidine groups is 1. The molecule has 2 saturated heterocycles. The third kappa shape index (κ3) is 8.06. The maximum Gasteiger partial charge on any atom is 0.191 e. The molecule has 7 heteroatoms. The Bertz CT molecular complexity index is 723. The van der Waals surface area contributed by atoms with E-state index in [1.54, 1.807) is 12.1 Å². The molecule has 0 aromatic heterocycles. The molecule has 3 fully saturated rings. The molecule has 0 unspecified atom stereocenters. The number of piperidine rings is 2. The maximum absolute atomic E-state index is 13.9. The zero-order valence-corrected chi connectivity index (χ0v) is 22.6. The molecule has 0 amide bonds. The van der Waals surface area contributed by atoms with Crippen LogP contribution < -0.4 is 10.6 Å². The molecule has 5 nitrogen and oxygen atoms in total. The molecule has 2 heterocycles. The summed E-state index contributed by atoms with van der Waals surface area (Å²) >= 11 is 0. The normalized spacial score (nSPS) is 22.3. The van der Waals surface area contributed by atoms with Gasteiger partial charge >= 0.3 is 0 Å². The van der Waals surface area contributed by atoms with Gasteiger partial charge in [-0.15, -0.1) is 24.0 Å². The van der Waals surface area contributed by atoms with Gasteiger partial charge in [-0.05, 0) is 70.5 Å². The summed E-state index contributed by atoms with van der Waals surface area (Å²) in [6.45, 7) is 9.13. The first kappa shape index (κ1) is 26.7. The van der Waals surface area contributed by atoms with E-state index in [0.717, 1.165) is 56.6 Å². The molecular formula is C26H43FIN5. The average molecular weight is 572 g/mol. The monoisotopic (exact) mass is 571 g/mol. The van der Waals surface area contributed by atoms with E-state index in [9.17, 15) is 4.39 Å². The Morgan fingerprint density at radius 3 is 2.36 bits per heavy atom. The van der Waals surface area contributed by atoms with E-state index in [1.165, 1.54) is 51.6 Å². The van der Waals surface area contributed by atoms with Crippen LogP contribution in [0.2, 0.25) is 0 Å². The van der Waals surface area contributed by atoms with Gasteiger partial charge in [0.2, 0.25) is 0 Å². The lowest BCUT2D eigenvalue weighted by Gasteiger charge is -2.36. The number of hydrogen-bond donors (Lipinski definition) is 2. The first-order valence-electron chi connectivity index (χ1n) is 13.0. The van der Waals surface area contributed by atoms with Crippen LogP contribution in [-0.4, -0.2) is 67.1 Å². The number of halogens is 2. The van der Waals surface area contributed by atoms with Crippen molar-refractivity contribution in [3.8, 4) is 0 Å². The Labute approximate surface area is 217 Å². The molecular weight excluding hydrogens is 528 g/mol. The fraction of sp³-hybridized carbons (Fsp3) is 0.731. The molecule has 3 aliphatic rings. The van der Waals surface area contributed by atoms with Crippen molar-refractivity contribution >= 4 is 29.9 Å². The fourth-order valence-corrected chi connectivity index (χ4v) is 5.61. The molecule has 1 aromatic rings. The lowest BCUT2D eigenvalue weighted by atomic mass is 9.96. The number of nitrogens with one attached hydrogen (secondary N) is 2. The van der Waals surface area contributed by atoms with E-state index in [0.29, 0.717) is 18.5 Å². The Morgan fingerprint density at radius 1 is 1.00 bits per heavy atom. The second kappa shape index (κ2) is 13.8. The first-order chi connectivity index (χ1) is 15.7. The smallest absolute Gasteiger partial charge is 0.191 e. The minimum atomic E-state index is -0.0883. The molecule has 2 aliphatic heterocycles. The van der Waals surface area contributed by atoms with Gasteiger partial charge in [0.25, 0.3) is 0 Å². The van der Waals surface area contributed by atoms with Crippen molar-refractivity contribution in [2.24, 2.45) is 10.9 Å². The highest BCUT2D eigenvalue weighted by Gasteiger charge is 2.27. The molecule has 0 radical (unpaired) electrons. The second-order valence-electron chi connectivity index (χ2n) is 9.92. The number of likely N-dealkylation sites (tertiary alicyclic amines) is 2. The van der Waals surface area contributed by atoms with E-state index < -0.39 is 0 Å². The number of aliphatic imine (C=N–C) groups is 1. The lowest BCUT2D eigenvalue weighted by Crippen LogP contribution is -2.50. The summed E-state index contributed by atoms with van der Waals surface area (Å²) in [5.41, 5.74) is 0.807. The predicted molar refractivity (Wildman–Crippen MR) is 146 cm³/mol. The molecule has 2 N–H and O–H groups in total. The van der Waals surface area contributed by atoms with Gasteiger partial charge in [0, 0.05) is 50.4 Å². The highest BCUT2D eigenvalue weighted by Crippen LogP contribution is 2.26. The highest BCUT2D eigenvalue weighted by molar-refractivity contribution is 14.0. The Hall–Kier alpha value is -0.930. The van der Waals surface area contributed by atoms with Crippen molar-refractivity contribution in [1.82, 2.24) is 20.4 Å². The highest BCUT2D eigenvalue weighted by atomic mass is 127. The quantitative estimate of drug-likeness (QED) is 0.285. The SMILES string of the molecule is CCNC(=NCC1CCN(Cc2ccccc2F)CC1)NC1CCN(C2CCCC2)CC1.I. The van der Waals surface area contributed by atoms with Gasteiger partial charge in [-0.2, -0.15) is 0 Å². The summed E-state index contributed by atoms with van der Waals surface area (Å²) in [7, 11) is 0. The Balaban J connectivity index is 0.00000306. The Kier molecular flexibility index (Phi) is 11.2. The Morgan fingerprint density at radius 2 is 1.70 bits per heavy atom. The van der Waals surface area contributed by atoms with Crippen LogP contribution in [0, 0.1) is 11.7 Å². The van der Waals surface area contributed by atoms with Gasteiger partial charge in [-0.1, -0.05) is 31.0 Å². The van der Waals surface area contributed by atoms with Crippen LogP contribution in [0.15, 0.2) is 29.3 Å². The zero-order chi connectivity index (χ0) is 22.2. The van der Waals surface area contributed by atoms with Gasteiger partial charge in [-0.25, -0.2) is 4.39 Å². The van der Waals surface area contributed by atoms with Gasteiger partial charge in [-0.3, -0.25) is 9.89 Å². The molecule has 4 rings (SSSR count). The summed E-state index contributed by atoms with van der Waals surface area (Å²) < 4.78 is 13.9. The molecule has 1 aliphatic carbocycles. The van der Waals surface area contributed by atoms with Crippen LogP contribution in [-0.2, 0) is 6.54 Å². The maximum atomic E-state index is 13.9. The van der Waals surface area contributed by atoms with Crippen LogP contribution >= 0.6 is 24.0 Å². The van der Waals surface area contributed by atoms with Crippen LogP contribution in [0.25, 0.3) is 0 Å². The minimum absolute atomic E-state index is 0. The van der Waals surface area contributed by atoms with Gasteiger partial charge in [0.15, 0.2) is 5.96 Å². The molecule has 186 valence electrons.